The molecule has 1 aliphatic rings. The van der Waals surface area contributed by atoms with Crippen molar-refractivity contribution in [2.75, 3.05) is 18.9 Å². The highest BCUT2D eigenvalue weighted by Crippen LogP contribution is 2.24. The summed E-state index contributed by atoms with van der Waals surface area (Å²) in [6.45, 7) is 4.48. The third-order valence-electron chi connectivity index (χ3n) is 5.48. The number of carbonyl (C=O) groups is 3. The van der Waals surface area contributed by atoms with Gasteiger partial charge in [-0.15, -0.1) is 0 Å². The number of carbonyl (C=O) groups excluding carboxylic acids is 3. The molecule has 4 N–H and O–H groups in total. The largest absolute Gasteiger partial charge is 0.492 e. The molecule has 168 valence electrons. The maximum Gasteiger partial charge on any atom is 0.262 e. The molecule has 0 fully saturated rings. The van der Waals surface area contributed by atoms with Gasteiger partial charge in [-0.2, -0.15) is 0 Å². The normalized spacial score (nSPS) is 12.3. The number of pyridine rings is 1. The second-order valence-electron chi connectivity index (χ2n) is 7.64. The number of anilines is 1. The van der Waals surface area contributed by atoms with Crippen LogP contribution in [-0.2, 0) is 0 Å². The van der Waals surface area contributed by atoms with Crippen molar-refractivity contribution in [3.8, 4) is 11.4 Å². The van der Waals surface area contributed by atoms with Crippen molar-refractivity contribution in [3.05, 3.63) is 86.7 Å². The fraction of sp³-hybridized carbons (Fsp3) is 0.167. The number of ether oxygens (including phenoxy) is 1. The highest BCUT2D eigenvalue weighted by Gasteiger charge is 2.32. The number of nitrogen functional groups attached to an aromatic ring is 1. The third kappa shape index (κ3) is 4.08. The molecule has 0 bridgehead atoms. The van der Waals surface area contributed by atoms with Crippen LogP contribution in [0.25, 0.3) is 5.69 Å². The number of hydrogen-bond donors (Lipinski definition) is 3. The quantitative estimate of drug-likeness (QED) is 0.390. The van der Waals surface area contributed by atoms with Crippen LogP contribution in [0.1, 0.15) is 42.2 Å². The van der Waals surface area contributed by atoms with E-state index < -0.39 is 23.3 Å². The number of nitrogens with one attached hydrogen (secondary N) is 2. The van der Waals surface area contributed by atoms with E-state index in [9.17, 15) is 19.2 Å². The average molecular weight is 446 g/mol. The second-order valence-corrected chi connectivity index (χ2v) is 7.64. The Morgan fingerprint density at radius 3 is 2.55 bits per heavy atom. The molecule has 4 rings (SSSR count). The summed E-state index contributed by atoms with van der Waals surface area (Å²) in [5, 5.41) is 4.88. The van der Waals surface area contributed by atoms with Gasteiger partial charge in [-0.3, -0.25) is 29.1 Å². The molecule has 3 amide bonds. The molecular weight excluding hydrogens is 424 g/mol. The van der Waals surface area contributed by atoms with Crippen molar-refractivity contribution in [2.24, 2.45) is 0 Å². The van der Waals surface area contributed by atoms with Crippen LogP contribution in [-0.4, -0.2) is 35.4 Å². The van der Waals surface area contributed by atoms with Crippen molar-refractivity contribution in [1.29, 1.82) is 0 Å². The van der Waals surface area contributed by atoms with E-state index in [0.29, 0.717) is 5.75 Å². The maximum atomic E-state index is 12.9. The summed E-state index contributed by atoms with van der Waals surface area (Å²) >= 11 is 0. The summed E-state index contributed by atoms with van der Waals surface area (Å²) in [4.78, 5) is 49.6. The predicted molar refractivity (Wildman–Crippen MR) is 122 cm³/mol. The first-order valence-electron chi connectivity index (χ1n) is 10.3. The highest BCUT2D eigenvalue weighted by molar-refractivity contribution is 6.23. The van der Waals surface area contributed by atoms with Gasteiger partial charge in [0.05, 0.1) is 28.9 Å². The molecule has 1 aliphatic heterocycles. The fourth-order valence-electron chi connectivity index (χ4n) is 3.62. The summed E-state index contributed by atoms with van der Waals surface area (Å²) in [5.74, 6) is -1.31. The molecule has 0 aliphatic carbocycles. The first-order chi connectivity index (χ1) is 15.8. The Hall–Kier alpha value is -4.40. The van der Waals surface area contributed by atoms with Crippen molar-refractivity contribution in [3.63, 3.8) is 0 Å². The van der Waals surface area contributed by atoms with E-state index in [1.54, 1.807) is 24.3 Å². The van der Waals surface area contributed by atoms with Crippen LogP contribution in [0.3, 0.4) is 0 Å². The zero-order valence-electron chi connectivity index (χ0n) is 18.1. The SMILES string of the molecule is Cc1ccc(OCCNC(=O)c2ccccc2-n2c(N)c3c(cc2=O)C(=O)NC3=O)cc1C. The van der Waals surface area contributed by atoms with Crippen LogP contribution in [0.15, 0.2) is 53.3 Å². The number of aryl methyl sites for hydroxylation is 2. The van der Waals surface area contributed by atoms with E-state index in [4.69, 9.17) is 10.5 Å². The topological polar surface area (TPSA) is 133 Å². The standard InChI is InChI=1S/C24H22N4O5/c1-13-7-8-15(11-14(13)2)33-10-9-26-22(30)16-5-3-4-6-18(16)28-19(29)12-17-20(21(28)25)24(32)27-23(17)31/h3-8,11-12H,9-10,25H2,1-2H3,(H,26,30)(H,27,31,32). The van der Waals surface area contributed by atoms with Gasteiger partial charge in [0.25, 0.3) is 23.3 Å². The van der Waals surface area contributed by atoms with Gasteiger partial charge >= 0.3 is 0 Å². The van der Waals surface area contributed by atoms with Gasteiger partial charge in [0.15, 0.2) is 0 Å². The number of hydrogen-bond acceptors (Lipinski definition) is 6. The molecule has 2 aromatic carbocycles. The van der Waals surface area contributed by atoms with E-state index in [-0.39, 0.29) is 41.3 Å². The lowest BCUT2D eigenvalue weighted by atomic mass is 10.1. The van der Waals surface area contributed by atoms with Gasteiger partial charge in [-0.05, 0) is 49.2 Å². The number of nitrogens with two attached hydrogens (primary N) is 1. The van der Waals surface area contributed by atoms with E-state index in [1.807, 2.05) is 32.0 Å². The lowest BCUT2D eigenvalue weighted by molar-refractivity contribution is 0.0878. The van der Waals surface area contributed by atoms with Gasteiger partial charge < -0.3 is 15.8 Å². The minimum atomic E-state index is -0.688. The number of imide groups is 1. The molecule has 9 heteroatoms. The smallest absolute Gasteiger partial charge is 0.262 e. The van der Waals surface area contributed by atoms with Crippen LogP contribution >= 0.6 is 0 Å². The lowest BCUT2D eigenvalue weighted by Gasteiger charge is -2.16. The van der Waals surface area contributed by atoms with Crippen molar-refractivity contribution < 1.29 is 19.1 Å². The van der Waals surface area contributed by atoms with Crippen molar-refractivity contribution in [1.82, 2.24) is 15.2 Å². The molecule has 0 atom stereocenters. The molecular formula is C24H22N4O5. The Balaban J connectivity index is 1.55. The predicted octanol–water partition coefficient (Wildman–Crippen LogP) is 1.73. The van der Waals surface area contributed by atoms with Crippen LogP contribution in [0.5, 0.6) is 5.75 Å². The second kappa shape index (κ2) is 8.62. The Kier molecular flexibility index (Phi) is 5.70. The number of aromatic nitrogens is 1. The first kappa shape index (κ1) is 21.8. The van der Waals surface area contributed by atoms with Gasteiger partial charge in [-0.25, -0.2) is 0 Å². The summed E-state index contributed by atoms with van der Waals surface area (Å²) in [6, 6.07) is 13.2. The lowest BCUT2D eigenvalue weighted by Crippen LogP contribution is -2.31. The van der Waals surface area contributed by atoms with Gasteiger partial charge in [-0.1, -0.05) is 18.2 Å². The number of amides is 3. The monoisotopic (exact) mass is 446 g/mol. The van der Waals surface area contributed by atoms with Crippen LogP contribution < -0.4 is 26.7 Å². The minimum Gasteiger partial charge on any atom is -0.492 e. The fourth-order valence-corrected chi connectivity index (χ4v) is 3.62. The van der Waals surface area contributed by atoms with Crippen molar-refractivity contribution in [2.45, 2.75) is 13.8 Å². The van der Waals surface area contributed by atoms with E-state index in [2.05, 4.69) is 10.6 Å². The van der Waals surface area contributed by atoms with Crippen LogP contribution in [0.2, 0.25) is 0 Å². The third-order valence-corrected chi connectivity index (χ3v) is 5.48. The number of benzene rings is 2. The number of nitrogens with zero attached hydrogens (tertiary/aromatic N) is 1. The maximum absolute atomic E-state index is 12.9. The molecule has 33 heavy (non-hydrogen) atoms. The molecule has 2 heterocycles. The van der Waals surface area contributed by atoms with Gasteiger partial charge in [0.2, 0.25) is 0 Å². The van der Waals surface area contributed by atoms with Crippen LogP contribution in [0, 0.1) is 13.8 Å². The Morgan fingerprint density at radius 1 is 1.03 bits per heavy atom. The Bertz CT molecular complexity index is 1360. The van der Waals surface area contributed by atoms with E-state index in [0.717, 1.165) is 21.8 Å². The van der Waals surface area contributed by atoms with Gasteiger partial charge in [0.1, 0.15) is 18.2 Å². The van der Waals surface area contributed by atoms with Crippen LogP contribution in [0.4, 0.5) is 5.82 Å². The van der Waals surface area contributed by atoms with Crippen molar-refractivity contribution >= 4 is 23.5 Å². The Morgan fingerprint density at radius 2 is 1.79 bits per heavy atom. The number of para-hydroxylation sites is 1. The zero-order chi connectivity index (χ0) is 23.7. The molecule has 0 radical (unpaired) electrons. The number of rotatable bonds is 6. The summed E-state index contributed by atoms with van der Waals surface area (Å²) in [5.41, 5.74) is 7.95. The highest BCUT2D eigenvalue weighted by atomic mass is 16.5. The minimum absolute atomic E-state index is 0.0795. The molecule has 0 spiro atoms. The molecule has 1 aromatic heterocycles. The van der Waals surface area contributed by atoms with Gasteiger partial charge in [0, 0.05) is 6.07 Å². The summed E-state index contributed by atoms with van der Waals surface area (Å²) < 4.78 is 6.74. The molecule has 9 nitrogen and oxygen atoms in total. The average Bonchev–Trinajstić information content (AvgIpc) is 3.07. The summed E-state index contributed by atoms with van der Waals surface area (Å²) in [6.07, 6.45) is 0. The molecule has 3 aromatic rings. The first-order valence-corrected chi connectivity index (χ1v) is 10.3. The Labute approximate surface area is 189 Å². The molecule has 0 unspecified atom stereocenters. The zero-order valence-corrected chi connectivity index (χ0v) is 18.1. The van der Waals surface area contributed by atoms with E-state index >= 15 is 0 Å². The molecule has 0 saturated carbocycles. The van der Waals surface area contributed by atoms with E-state index in [1.165, 1.54) is 0 Å². The molecule has 0 saturated heterocycles. The summed E-state index contributed by atoms with van der Waals surface area (Å²) in [7, 11) is 0. The number of fused-ring (bicyclic) bond motifs is 1.